The number of nitrogens with zero attached hydrogens (tertiary/aromatic N) is 1. The quantitative estimate of drug-likeness (QED) is 0.846. The van der Waals surface area contributed by atoms with E-state index in [1.165, 1.54) is 0 Å². The Hall–Kier alpha value is -1.35. The maximum absolute atomic E-state index is 12.1. The van der Waals surface area contributed by atoms with Crippen LogP contribution in [0.15, 0.2) is 24.3 Å². The maximum atomic E-state index is 12.1. The molecule has 0 aliphatic rings. The molecular formula is C14H22N2O. The summed E-state index contributed by atoms with van der Waals surface area (Å²) >= 11 is 0. The molecule has 17 heavy (non-hydrogen) atoms. The van der Waals surface area contributed by atoms with Crippen molar-refractivity contribution in [2.45, 2.75) is 39.8 Å². The van der Waals surface area contributed by atoms with Gasteiger partial charge in [-0.3, -0.25) is 4.79 Å². The second-order valence-corrected chi connectivity index (χ2v) is 4.42. The molecule has 0 radical (unpaired) electrons. The molecule has 0 saturated heterocycles. The summed E-state index contributed by atoms with van der Waals surface area (Å²) in [5, 5.41) is 0. The zero-order chi connectivity index (χ0) is 12.8. The first-order chi connectivity index (χ1) is 8.10. The summed E-state index contributed by atoms with van der Waals surface area (Å²) < 4.78 is 0. The molecule has 0 saturated carbocycles. The van der Waals surface area contributed by atoms with Crippen molar-refractivity contribution < 1.29 is 4.79 Å². The Balaban J connectivity index is 2.80. The fraction of sp³-hybridized carbons (Fsp3) is 0.500. The molecule has 0 fully saturated rings. The maximum Gasteiger partial charge on any atom is 0.227 e. The number of hydrogen-bond acceptors (Lipinski definition) is 2. The van der Waals surface area contributed by atoms with Gasteiger partial charge in [0.05, 0.1) is 6.42 Å². The van der Waals surface area contributed by atoms with Crippen LogP contribution in [0.5, 0.6) is 0 Å². The van der Waals surface area contributed by atoms with Gasteiger partial charge < -0.3 is 10.6 Å². The number of hydrogen-bond donors (Lipinski definition) is 1. The number of benzene rings is 1. The lowest BCUT2D eigenvalue weighted by molar-refractivity contribution is -0.131. The van der Waals surface area contributed by atoms with Crippen LogP contribution in [0.3, 0.4) is 0 Å². The molecule has 0 aromatic heterocycles. The fourth-order valence-electron chi connectivity index (χ4n) is 2.02. The van der Waals surface area contributed by atoms with Gasteiger partial charge in [-0.05, 0) is 31.9 Å². The summed E-state index contributed by atoms with van der Waals surface area (Å²) in [6.45, 7) is 7.32. The first kappa shape index (κ1) is 13.7. The smallest absolute Gasteiger partial charge is 0.227 e. The number of amides is 1. The van der Waals surface area contributed by atoms with Gasteiger partial charge in [-0.25, -0.2) is 0 Å². The number of nitrogens with two attached hydrogens (primary N) is 1. The van der Waals surface area contributed by atoms with Gasteiger partial charge in [0.1, 0.15) is 0 Å². The topological polar surface area (TPSA) is 46.3 Å². The van der Waals surface area contributed by atoms with Crippen molar-refractivity contribution in [1.82, 2.24) is 4.90 Å². The third-order valence-electron chi connectivity index (χ3n) is 2.96. The van der Waals surface area contributed by atoms with Gasteiger partial charge >= 0.3 is 0 Å². The van der Waals surface area contributed by atoms with E-state index in [1.54, 1.807) is 0 Å². The second kappa shape index (κ2) is 6.40. The molecular weight excluding hydrogens is 212 g/mol. The van der Waals surface area contributed by atoms with Crippen LogP contribution in [0.1, 0.15) is 31.9 Å². The highest BCUT2D eigenvalue weighted by Gasteiger charge is 2.16. The Labute approximate surface area is 104 Å². The molecule has 0 aliphatic heterocycles. The highest BCUT2D eigenvalue weighted by molar-refractivity contribution is 5.79. The van der Waals surface area contributed by atoms with E-state index >= 15 is 0 Å². The molecule has 0 bridgehead atoms. The van der Waals surface area contributed by atoms with Gasteiger partial charge in [-0.2, -0.15) is 0 Å². The normalized spacial score (nSPS) is 10.6. The van der Waals surface area contributed by atoms with Crippen molar-refractivity contribution in [3.8, 4) is 0 Å². The molecule has 3 nitrogen and oxygen atoms in total. The summed E-state index contributed by atoms with van der Waals surface area (Å²) in [5.74, 6) is 0.170. The van der Waals surface area contributed by atoms with Gasteiger partial charge in [0.2, 0.25) is 5.91 Å². The van der Waals surface area contributed by atoms with Crippen LogP contribution in [-0.2, 0) is 17.8 Å². The zero-order valence-corrected chi connectivity index (χ0v) is 10.9. The van der Waals surface area contributed by atoms with E-state index in [0.29, 0.717) is 13.0 Å². The molecule has 1 amide bonds. The van der Waals surface area contributed by atoms with Crippen molar-refractivity contribution in [3.05, 3.63) is 35.4 Å². The minimum absolute atomic E-state index is 0.170. The zero-order valence-electron chi connectivity index (χ0n) is 10.9. The van der Waals surface area contributed by atoms with Crippen molar-refractivity contribution >= 4 is 5.91 Å². The third kappa shape index (κ3) is 3.56. The first-order valence-corrected chi connectivity index (χ1v) is 6.16. The molecule has 1 aromatic carbocycles. The standard InChI is InChI=1S/C14H22N2O/c1-4-16(11(2)3)14(17)9-12-7-5-6-8-13(12)10-15/h5-8,11H,4,9-10,15H2,1-3H3. The van der Waals surface area contributed by atoms with Crippen LogP contribution in [0.2, 0.25) is 0 Å². The van der Waals surface area contributed by atoms with E-state index in [2.05, 4.69) is 0 Å². The van der Waals surface area contributed by atoms with Crippen molar-refractivity contribution in [2.24, 2.45) is 5.73 Å². The van der Waals surface area contributed by atoms with E-state index in [-0.39, 0.29) is 11.9 Å². The molecule has 94 valence electrons. The number of rotatable bonds is 5. The van der Waals surface area contributed by atoms with Crippen molar-refractivity contribution in [1.29, 1.82) is 0 Å². The average molecular weight is 234 g/mol. The van der Waals surface area contributed by atoms with Crippen LogP contribution in [-0.4, -0.2) is 23.4 Å². The third-order valence-corrected chi connectivity index (χ3v) is 2.96. The van der Waals surface area contributed by atoms with E-state index < -0.39 is 0 Å². The minimum atomic E-state index is 0.170. The van der Waals surface area contributed by atoms with Crippen molar-refractivity contribution in [3.63, 3.8) is 0 Å². The molecule has 0 atom stereocenters. The van der Waals surface area contributed by atoms with E-state index in [4.69, 9.17) is 5.73 Å². The number of carbonyl (C=O) groups excluding carboxylic acids is 1. The van der Waals surface area contributed by atoms with Gasteiger partial charge in [-0.1, -0.05) is 24.3 Å². The Morgan fingerprint density at radius 3 is 2.35 bits per heavy atom. The van der Waals surface area contributed by atoms with E-state index in [0.717, 1.165) is 17.7 Å². The lowest BCUT2D eigenvalue weighted by Gasteiger charge is -2.25. The van der Waals surface area contributed by atoms with Crippen molar-refractivity contribution in [2.75, 3.05) is 6.54 Å². The Morgan fingerprint density at radius 2 is 1.88 bits per heavy atom. The summed E-state index contributed by atoms with van der Waals surface area (Å²) in [4.78, 5) is 14.0. The molecule has 2 N–H and O–H groups in total. The Kier molecular flexibility index (Phi) is 5.16. The monoisotopic (exact) mass is 234 g/mol. The van der Waals surface area contributed by atoms with Crippen LogP contribution in [0.25, 0.3) is 0 Å². The Morgan fingerprint density at radius 1 is 1.29 bits per heavy atom. The summed E-state index contributed by atoms with van der Waals surface area (Å²) in [6.07, 6.45) is 0.444. The van der Waals surface area contributed by atoms with Crippen LogP contribution < -0.4 is 5.73 Å². The van der Waals surface area contributed by atoms with Crippen LogP contribution >= 0.6 is 0 Å². The minimum Gasteiger partial charge on any atom is -0.340 e. The molecule has 0 spiro atoms. The van der Waals surface area contributed by atoms with Crippen LogP contribution in [0, 0.1) is 0 Å². The summed E-state index contributed by atoms with van der Waals surface area (Å²) in [7, 11) is 0. The van der Waals surface area contributed by atoms with E-state index in [9.17, 15) is 4.79 Å². The largest absolute Gasteiger partial charge is 0.340 e. The van der Waals surface area contributed by atoms with Gasteiger partial charge in [0.15, 0.2) is 0 Å². The lowest BCUT2D eigenvalue weighted by Crippen LogP contribution is -2.37. The SMILES string of the molecule is CCN(C(=O)Cc1ccccc1CN)C(C)C. The second-order valence-electron chi connectivity index (χ2n) is 4.42. The fourth-order valence-corrected chi connectivity index (χ4v) is 2.02. The number of likely N-dealkylation sites (N-methyl/N-ethyl adjacent to an activating group) is 1. The molecule has 1 rings (SSSR count). The summed E-state index contributed by atoms with van der Waals surface area (Å²) in [6, 6.07) is 8.11. The molecule has 0 unspecified atom stereocenters. The predicted octanol–water partition coefficient (Wildman–Crippen LogP) is 1.94. The molecule has 3 heteroatoms. The van der Waals surface area contributed by atoms with Crippen LogP contribution in [0.4, 0.5) is 0 Å². The average Bonchev–Trinajstić information content (AvgIpc) is 2.30. The van der Waals surface area contributed by atoms with Gasteiger partial charge in [-0.15, -0.1) is 0 Å². The van der Waals surface area contributed by atoms with Gasteiger partial charge in [0.25, 0.3) is 0 Å². The Bertz CT molecular complexity index is 374. The predicted molar refractivity (Wildman–Crippen MR) is 70.6 cm³/mol. The summed E-state index contributed by atoms with van der Waals surface area (Å²) in [5.41, 5.74) is 7.77. The van der Waals surface area contributed by atoms with Gasteiger partial charge in [0, 0.05) is 19.1 Å². The van der Waals surface area contributed by atoms with E-state index in [1.807, 2.05) is 49.9 Å². The highest BCUT2D eigenvalue weighted by atomic mass is 16.2. The highest BCUT2D eigenvalue weighted by Crippen LogP contribution is 2.11. The number of carbonyl (C=O) groups is 1. The lowest BCUT2D eigenvalue weighted by atomic mass is 10.0. The first-order valence-electron chi connectivity index (χ1n) is 6.16. The molecule has 0 heterocycles. The molecule has 0 aliphatic carbocycles. The molecule has 1 aromatic rings.